The van der Waals surface area contributed by atoms with Gasteiger partial charge in [-0.1, -0.05) is 29.8 Å². The topological polar surface area (TPSA) is 80.9 Å². The molecule has 1 heterocycles. The van der Waals surface area contributed by atoms with Crippen molar-refractivity contribution < 1.29 is 4.79 Å². The van der Waals surface area contributed by atoms with Crippen LogP contribution in [0.3, 0.4) is 0 Å². The maximum absolute atomic E-state index is 11.9. The molecule has 1 aromatic heterocycles. The van der Waals surface area contributed by atoms with E-state index in [2.05, 4.69) is 5.10 Å². The molecule has 0 amide bonds. The average molecular weight is 266 g/mol. The number of nitrogens with zero attached hydrogens (tertiary/aromatic N) is 1. The second kappa shape index (κ2) is 5.20. The Hall–Kier alpha value is -1.85. The van der Waals surface area contributed by atoms with Gasteiger partial charge < -0.3 is 5.73 Å². The van der Waals surface area contributed by atoms with Gasteiger partial charge in [0.2, 0.25) is 0 Å². The van der Waals surface area contributed by atoms with Crippen molar-refractivity contribution in [1.29, 1.82) is 0 Å². The fourth-order valence-electron chi connectivity index (χ4n) is 1.62. The molecule has 0 radical (unpaired) electrons. The highest BCUT2D eigenvalue weighted by Crippen LogP contribution is 2.15. The summed E-state index contributed by atoms with van der Waals surface area (Å²) in [4.78, 5) is 23.5. The Labute approximate surface area is 108 Å². The monoisotopic (exact) mass is 265 g/mol. The van der Waals surface area contributed by atoms with Crippen molar-refractivity contribution in [2.24, 2.45) is 5.73 Å². The molecule has 2 aromatic rings. The molecular weight excluding hydrogens is 254 g/mol. The number of aromatic amines is 1. The van der Waals surface area contributed by atoms with Gasteiger partial charge in [0.1, 0.15) is 0 Å². The number of carbonyl (C=O) groups excluding carboxylic acids is 1. The lowest BCUT2D eigenvalue weighted by molar-refractivity contribution is 0.0894. The van der Waals surface area contributed by atoms with Gasteiger partial charge in [-0.05, 0) is 11.6 Å². The van der Waals surface area contributed by atoms with Crippen molar-refractivity contribution in [3.8, 4) is 0 Å². The zero-order chi connectivity index (χ0) is 13.1. The van der Waals surface area contributed by atoms with Crippen LogP contribution in [0.25, 0.3) is 0 Å². The molecule has 0 aliphatic rings. The van der Waals surface area contributed by atoms with Crippen LogP contribution in [0.2, 0.25) is 5.02 Å². The molecule has 0 saturated carbocycles. The summed E-state index contributed by atoms with van der Waals surface area (Å²) in [5, 5.41) is 3.16. The molecule has 3 N–H and O–H groups in total. The van der Waals surface area contributed by atoms with Crippen molar-refractivity contribution in [2.75, 3.05) is 0 Å². The number of rotatable bonds is 3. The van der Waals surface area contributed by atoms with E-state index in [1.165, 1.54) is 6.07 Å². The minimum atomic E-state index is -0.410. The van der Waals surface area contributed by atoms with Gasteiger partial charge in [-0.25, -0.2) is 0 Å². The molecule has 5 nitrogen and oxygen atoms in total. The SMILES string of the molecule is NCc1cc(=O)n(C(=O)Cc2ccccc2Cl)[nH]1. The number of carbonyl (C=O) groups is 1. The molecule has 0 fully saturated rings. The van der Waals surface area contributed by atoms with Gasteiger partial charge in [-0.2, -0.15) is 4.68 Å². The zero-order valence-electron chi connectivity index (χ0n) is 9.52. The first-order chi connectivity index (χ1) is 8.61. The third-order valence-corrected chi connectivity index (χ3v) is 2.91. The van der Waals surface area contributed by atoms with Crippen molar-refractivity contribution >= 4 is 17.5 Å². The smallest absolute Gasteiger partial charge is 0.273 e. The van der Waals surface area contributed by atoms with E-state index in [1.54, 1.807) is 24.3 Å². The number of aromatic nitrogens is 2. The van der Waals surface area contributed by atoms with E-state index < -0.39 is 5.56 Å². The molecule has 0 bridgehead atoms. The number of halogens is 1. The molecule has 18 heavy (non-hydrogen) atoms. The van der Waals surface area contributed by atoms with E-state index >= 15 is 0 Å². The van der Waals surface area contributed by atoms with Crippen molar-refractivity contribution in [3.63, 3.8) is 0 Å². The van der Waals surface area contributed by atoms with E-state index in [-0.39, 0.29) is 18.9 Å². The normalized spacial score (nSPS) is 10.6. The van der Waals surface area contributed by atoms with Crippen LogP contribution in [0.1, 0.15) is 16.1 Å². The molecule has 0 atom stereocenters. The van der Waals surface area contributed by atoms with Gasteiger partial charge in [-0.3, -0.25) is 14.7 Å². The Morgan fingerprint density at radius 2 is 2.11 bits per heavy atom. The zero-order valence-corrected chi connectivity index (χ0v) is 10.3. The number of hydrogen-bond acceptors (Lipinski definition) is 3. The van der Waals surface area contributed by atoms with E-state index in [1.807, 2.05) is 0 Å². The summed E-state index contributed by atoms with van der Waals surface area (Å²) >= 11 is 5.96. The van der Waals surface area contributed by atoms with Gasteiger partial charge >= 0.3 is 0 Å². The van der Waals surface area contributed by atoms with E-state index in [0.717, 1.165) is 4.68 Å². The first-order valence-electron chi connectivity index (χ1n) is 5.39. The first-order valence-corrected chi connectivity index (χ1v) is 5.77. The predicted molar refractivity (Wildman–Crippen MR) is 68.7 cm³/mol. The molecule has 2 rings (SSSR count). The Morgan fingerprint density at radius 3 is 2.72 bits per heavy atom. The second-order valence-electron chi connectivity index (χ2n) is 3.82. The van der Waals surface area contributed by atoms with Crippen LogP contribution in [-0.4, -0.2) is 15.7 Å². The Kier molecular flexibility index (Phi) is 3.64. The number of nitrogens with one attached hydrogen (secondary N) is 1. The van der Waals surface area contributed by atoms with Gasteiger partial charge in [0, 0.05) is 17.6 Å². The highest BCUT2D eigenvalue weighted by molar-refractivity contribution is 6.31. The predicted octanol–water partition coefficient (Wildman–Crippen LogP) is 1.17. The molecular formula is C12H12ClN3O2. The first kappa shape index (κ1) is 12.6. The third kappa shape index (κ3) is 2.52. The van der Waals surface area contributed by atoms with Crippen LogP contribution >= 0.6 is 11.6 Å². The molecule has 0 spiro atoms. The quantitative estimate of drug-likeness (QED) is 0.874. The van der Waals surface area contributed by atoms with E-state index in [4.69, 9.17) is 17.3 Å². The van der Waals surface area contributed by atoms with Crippen molar-refractivity contribution in [2.45, 2.75) is 13.0 Å². The van der Waals surface area contributed by atoms with Crippen LogP contribution < -0.4 is 11.3 Å². The van der Waals surface area contributed by atoms with E-state index in [9.17, 15) is 9.59 Å². The van der Waals surface area contributed by atoms with Gasteiger partial charge in [0.05, 0.1) is 12.1 Å². The summed E-state index contributed by atoms with van der Waals surface area (Å²) in [5.41, 5.74) is 6.18. The van der Waals surface area contributed by atoms with Crippen molar-refractivity contribution in [1.82, 2.24) is 9.78 Å². The lowest BCUT2D eigenvalue weighted by Crippen LogP contribution is -2.25. The summed E-state index contributed by atoms with van der Waals surface area (Å²) in [5.74, 6) is -0.368. The summed E-state index contributed by atoms with van der Waals surface area (Å²) in [6.45, 7) is 0.182. The second-order valence-corrected chi connectivity index (χ2v) is 4.23. The number of benzene rings is 1. The summed E-state index contributed by atoms with van der Waals surface area (Å²) in [7, 11) is 0. The maximum atomic E-state index is 11.9. The van der Waals surface area contributed by atoms with Crippen LogP contribution in [0.15, 0.2) is 35.1 Å². The fraction of sp³-hybridized carbons (Fsp3) is 0.167. The summed E-state index contributed by atoms with van der Waals surface area (Å²) < 4.78 is 0.950. The van der Waals surface area contributed by atoms with Crippen LogP contribution in [-0.2, 0) is 13.0 Å². The van der Waals surface area contributed by atoms with E-state index in [0.29, 0.717) is 16.3 Å². The highest BCUT2D eigenvalue weighted by Gasteiger charge is 2.12. The molecule has 0 aliphatic heterocycles. The highest BCUT2D eigenvalue weighted by atomic mass is 35.5. The largest absolute Gasteiger partial charge is 0.325 e. The minimum absolute atomic E-state index is 0.0596. The van der Waals surface area contributed by atoms with Gasteiger partial charge in [0.25, 0.3) is 11.5 Å². The fourth-order valence-corrected chi connectivity index (χ4v) is 1.82. The Balaban J connectivity index is 2.25. The van der Waals surface area contributed by atoms with Crippen molar-refractivity contribution in [3.05, 3.63) is 57.0 Å². The summed E-state index contributed by atoms with van der Waals surface area (Å²) in [6, 6.07) is 8.33. The molecule has 1 aromatic carbocycles. The van der Waals surface area contributed by atoms with Gasteiger partial charge in [-0.15, -0.1) is 0 Å². The Bertz CT molecular complexity index is 630. The molecule has 0 unspecified atom stereocenters. The molecule has 0 aliphatic carbocycles. The summed E-state index contributed by atoms with van der Waals surface area (Å²) in [6.07, 6.45) is 0.0596. The molecule has 94 valence electrons. The average Bonchev–Trinajstić information content (AvgIpc) is 2.73. The van der Waals surface area contributed by atoms with Crippen LogP contribution in [0.5, 0.6) is 0 Å². The van der Waals surface area contributed by atoms with Crippen LogP contribution in [0, 0.1) is 0 Å². The van der Waals surface area contributed by atoms with Crippen LogP contribution in [0.4, 0.5) is 0 Å². The lowest BCUT2D eigenvalue weighted by atomic mass is 10.1. The third-order valence-electron chi connectivity index (χ3n) is 2.54. The number of H-pyrrole nitrogens is 1. The standard InChI is InChI=1S/C12H12ClN3O2/c13-10-4-2-1-3-8(10)5-11(17)16-12(18)6-9(7-14)15-16/h1-4,6,15H,5,7,14H2. The molecule has 0 saturated heterocycles. The number of hydrogen-bond donors (Lipinski definition) is 2. The Morgan fingerprint density at radius 1 is 1.39 bits per heavy atom. The van der Waals surface area contributed by atoms with Gasteiger partial charge in [0.15, 0.2) is 0 Å². The lowest BCUT2D eigenvalue weighted by Gasteiger charge is -2.03. The minimum Gasteiger partial charge on any atom is -0.325 e. The maximum Gasteiger partial charge on any atom is 0.273 e. The number of nitrogens with two attached hydrogens (primary N) is 1. The molecule has 6 heteroatoms.